The van der Waals surface area contributed by atoms with Gasteiger partial charge in [0.2, 0.25) is 0 Å². The number of alkyl halides is 3. The van der Waals surface area contributed by atoms with E-state index in [-0.39, 0.29) is 28.5 Å². The molecule has 1 heterocycles. The van der Waals surface area contributed by atoms with Crippen LogP contribution in [0.15, 0.2) is 59.5 Å². The Labute approximate surface area is 220 Å². The smallest absolute Gasteiger partial charge is 0.435 e. The highest BCUT2D eigenvalue weighted by atomic mass is 32.2. The highest BCUT2D eigenvalue weighted by molar-refractivity contribution is 7.98. The first-order valence-electron chi connectivity index (χ1n) is 11.8. The maximum Gasteiger partial charge on any atom is 0.435 e. The Morgan fingerprint density at radius 1 is 1.05 bits per heavy atom. The summed E-state index contributed by atoms with van der Waals surface area (Å²) in [4.78, 5) is 25.1. The molecule has 0 fully saturated rings. The molecule has 0 aliphatic carbocycles. The van der Waals surface area contributed by atoms with E-state index in [9.17, 15) is 27.0 Å². The van der Waals surface area contributed by atoms with Gasteiger partial charge >= 0.3 is 12.3 Å². The number of benzene rings is 2. The normalized spacial score (nSPS) is 13.6. The van der Waals surface area contributed by atoms with Gasteiger partial charge in [0.05, 0.1) is 27.6 Å². The molecule has 3 aromatic rings. The average molecular weight is 550 g/mol. The minimum Gasteiger partial charge on any atom is -0.443 e. The zero-order chi connectivity index (χ0) is 28.5. The van der Waals surface area contributed by atoms with Crippen molar-refractivity contribution in [2.75, 3.05) is 6.54 Å². The third kappa shape index (κ3) is 6.63. The first-order valence-corrected chi connectivity index (χ1v) is 13.5. The molecule has 1 unspecified atom stereocenters. The van der Waals surface area contributed by atoms with E-state index in [0.29, 0.717) is 5.56 Å². The SMILES string of the molecule is C=S(=O)(c1ccc(-n2nc(C(F)(F)F)cc2-c2ccc(C)cc2)cc1)N(CC(=O)CC)C(=O)OC(C)(C)C. The summed E-state index contributed by atoms with van der Waals surface area (Å²) < 4.78 is 61.6. The van der Waals surface area contributed by atoms with Gasteiger partial charge in [0.15, 0.2) is 11.5 Å². The molecule has 0 aliphatic rings. The van der Waals surface area contributed by atoms with Gasteiger partial charge in [-0.15, -0.1) is 0 Å². The van der Waals surface area contributed by atoms with E-state index in [2.05, 4.69) is 11.0 Å². The Morgan fingerprint density at radius 2 is 1.63 bits per heavy atom. The largest absolute Gasteiger partial charge is 0.443 e. The molecular formula is C27H30F3N3O4S. The number of amides is 1. The highest BCUT2D eigenvalue weighted by Gasteiger charge is 2.35. The predicted molar refractivity (Wildman–Crippen MR) is 141 cm³/mol. The minimum absolute atomic E-state index is 0.0936. The van der Waals surface area contributed by atoms with Gasteiger partial charge < -0.3 is 4.74 Å². The van der Waals surface area contributed by atoms with E-state index in [1.54, 1.807) is 52.0 Å². The summed E-state index contributed by atoms with van der Waals surface area (Å²) in [6.45, 7) is 7.91. The molecule has 38 heavy (non-hydrogen) atoms. The molecule has 204 valence electrons. The summed E-state index contributed by atoms with van der Waals surface area (Å²) in [5, 5.41) is 3.77. The lowest BCUT2D eigenvalue weighted by atomic mass is 10.1. The van der Waals surface area contributed by atoms with Gasteiger partial charge in [0, 0.05) is 16.9 Å². The number of aryl methyl sites for hydroxylation is 1. The van der Waals surface area contributed by atoms with Crippen LogP contribution in [0.2, 0.25) is 0 Å². The molecule has 0 aliphatic heterocycles. The van der Waals surface area contributed by atoms with Gasteiger partial charge in [0.25, 0.3) is 0 Å². The first-order chi connectivity index (χ1) is 17.5. The lowest BCUT2D eigenvalue weighted by Crippen LogP contribution is -2.43. The van der Waals surface area contributed by atoms with E-state index in [1.807, 2.05) is 6.92 Å². The summed E-state index contributed by atoms with van der Waals surface area (Å²) in [6, 6.07) is 13.5. The van der Waals surface area contributed by atoms with Gasteiger partial charge in [-0.1, -0.05) is 36.8 Å². The number of hydrogen-bond donors (Lipinski definition) is 0. The van der Waals surface area contributed by atoms with Crippen LogP contribution in [0.25, 0.3) is 16.9 Å². The van der Waals surface area contributed by atoms with Crippen LogP contribution in [-0.2, 0) is 25.4 Å². The number of ketones is 1. The molecule has 0 N–H and O–H groups in total. The van der Waals surface area contributed by atoms with Gasteiger partial charge in [-0.2, -0.15) is 18.3 Å². The fraction of sp³-hybridized carbons (Fsp3) is 0.333. The van der Waals surface area contributed by atoms with Crippen LogP contribution in [0.4, 0.5) is 18.0 Å². The molecule has 0 saturated carbocycles. The molecular weight excluding hydrogens is 519 g/mol. The predicted octanol–water partition coefficient (Wildman–Crippen LogP) is 6.07. The Hall–Kier alpha value is -3.60. The topological polar surface area (TPSA) is 81.5 Å². The molecule has 1 atom stereocenters. The van der Waals surface area contributed by atoms with Gasteiger partial charge in [-0.05, 0) is 63.9 Å². The van der Waals surface area contributed by atoms with Crippen LogP contribution < -0.4 is 0 Å². The molecule has 11 heteroatoms. The van der Waals surface area contributed by atoms with Crippen molar-refractivity contribution in [3.05, 3.63) is 65.9 Å². The standard InChI is InChI=1S/C27H30F3N3O4S/c1-7-21(34)17-32(25(35)37-26(3,4)5)38(6,36)22-14-12-20(13-15-22)33-23(16-24(31-33)27(28,29)30)19-10-8-18(2)9-11-19/h8-16H,6-7,17H2,1-5H3. The van der Waals surface area contributed by atoms with Crippen molar-refractivity contribution in [2.45, 2.75) is 57.7 Å². The van der Waals surface area contributed by atoms with Crippen LogP contribution in [0.3, 0.4) is 0 Å². The molecule has 1 amide bonds. The van der Waals surface area contributed by atoms with Crippen molar-refractivity contribution in [3.8, 4) is 16.9 Å². The molecule has 1 aromatic heterocycles. The maximum absolute atomic E-state index is 13.8. The zero-order valence-corrected chi connectivity index (χ0v) is 22.7. The van der Waals surface area contributed by atoms with E-state index < -0.39 is 39.8 Å². The second-order valence-electron chi connectivity index (χ2n) is 9.73. The Balaban J connectivity index is 2.05. The second-order valence-corrected chi connectivity index (χ2v) is 11.9. The van der Waals surface area contributed by atoms with Crippen LogP contribution in [0.1, 0.15) is 45.4 Å². The molecule has 0 spiro atoms. The monoisotopic (exact) mass is 549 g/mol. The molecule has 0 bridgehead atoms. The third-order valence-electron chi connectivity index (χ3n) is 5.46. The van der Waals surface area contributed by atoms with Crippen LogP contribution in [0, 0.1) is 6.92 Å². The number of halogens is 3. The number of hydrogen-bond acceptors (Lipinski definition) is 5. The fourth-order valence-electron chi connectivity index (χ4n) is 3.45. The summed E-state index contributed by atoms with van der Waals surface area (Å²) in [7, 11) is -3.53. The van der Waals surface area contributed by atoms with Crippen molar-refractivity contribution in [1.29, 1.82) is 0 Å². The Kier molecular flexibility index (Phi) is 8.11. The second kappa shape index (κ2) is 10.6. The van der Waals surface area contributed by atoms with E-state index in [1.165, 1.54) is 24.3 Å². The zero-order valence-electron chi connectivity index (χ0n) is 21.8. The summed E-state index contributed by atoms with van der Waals surface area (Å²) in [6.07, 6.45) is -5.52. The number of ether oxygens (including phenoxy) is 1. The van der Waals surface area contributed by atoms with Crippen LogP contribution >= 0.6 is 0 Å². The van der Waals surface area contributed by atoms with Gasteiger partial charge in [-0.3, -0.25) is 4.79 Å². The van der Waals surface area contributed by atoms with E-state index in [0.717, 1.165) is 20.6 Å². The number of carbonyl (C=O) groups is 2. The van der Waals surface area contributed by atoms with Gasteiger partial charge in [0.1, 0.15) is 5.60 Å². The van der Waals surface area contributed by atoms with Crippen molar-refractivity contribution in [2.24, 2.45) is 0 Å². The quantitative estimate of drug-likeness (QED) is 0.334. The van der Waals surface area contributed by atoms with E-state index in [4.69, 9.17) is 4.74 Å². The van der Waals surface area contributed by atoms with Crippen molar-refractivity contribution >= 4 is 27.5 Å². The molecule has 0 radical (unpaired) electrons. The summed E-state index contributed by atoms with van der Waals surface area (Å²) in [5.41, 5.74) is -0.0217. The average Bonchev–Trinajstić information content (AvgIpc) is 3.28. The van der Waals surface area contributed by atoms with Crippen molar-refractivity contribution in [3.63, 3.8) is 0 Å². The van der Waals surface area contributed by atoms with Crippen molar-refractivity contribution < 1.29 is 31.7 Å². The lowest BCUT2D eigenvalue weighted by molar-refractivity contribution is -0.141. The third-order valence-corrected chi connectivity index (χ3v) is 7.46. The van der Waals surface area contributed by atoms with Gasteiger partial charge in [-0.25, -0.2) is 18.0 Å². The maximum atomic E-state index is 13.8. The number of nitrogens with zero attached hydrogens (tertiary/aromatic N) is 3. The lowest BCUT2D eigenvalue weighted by Gasteiger charge is -2.29. The Morgan fingerprint density at radius 3 is 2.13 bits per heavy atom. The number of rotatable bonds is 7. The highest BCUT2D eigenvalue weighted by Crippen LogP contribution is 2.33. The molecule has 0 saturated heterocycles. The number of carbonyl (C=O) groups excluding carboxylic acids is 2. The summed E-state index contributed by atoms with van der Waals surface area (Å²) >= 11 is 0. The Bertz CT molecular complexity index is 1420. The van der Waals surface area contributed by atoms with Crippen molar-refractivity contribution in [1.82, 2.24) is 14.1 Å². The number of Topliss-reactive ketones (excluding diaryl/α,β-unsaturated/α-hetero) is 1. The first kappa shape index (κ1) is 29.0. The molecule has 7 nitrogen and oxygen atoms in total. The van der Waals surface area contributed by atoms with Crippen LogP contribution in [-0.4, -0.2) is 48.2 Å². The van der Waals surface area contributed by atoms with E-state index >= 15 is 0 Å². The summed E-state index contributed by atoms with van der Waals surface area (Å²) in [5.74, 6) is 3.38. The molecule has 3 rings (SSSR count). The molecule has 2 aromatic carbocycles. The fourth-order valence-corrected chi connectivity index (χ4v) is 4.89. The van der Waals surface area contributed by atoms with Crippen LogP contribution in [0.5, 0.6) is 0 Å². The minimum atomic E-state index is -4.66. The number of aromatic nitrogens is 2.